The van der Waals surface area contributed by atoms with E-state index in [0.29, 0.717) is 6.42 Å². The second kappa shape index (κ2) is 9.70. The summed E-state index contributed by atoms with van der Waals surface area (Å²) < 4.78 is 35.1. The normalized spacial score (nSPS) is 23.0. The zero-order valence-electron chi connectivity index (χ0n) is 17.3. The van der Waals surface area contributed by atoms with Crippen LogP contribution >= 0.6 is 0 Å². The Hall–Kier alpha value is -1.95. The van der Waals surface area contributed by atoms with Crippen LogP contribution in [0, 0.1) is 6.92 Å². The Morgan fingerprint density at radius 3 is 2.41 bits per heavy atom. The van der Waals surface area contributed by atoms with Gasteiger partial charge in [-0.15, -0.1) is 6.58 Å². The van der Waals surface area contributed by atoms with Gasteiger partial charge in [0, 0.05) is 6.04 Å². The number of aryl methyl sites for hydroxylation is 1. The van der Waals surface area contributed by atoms with E-state index in [-0.39, 0.29) is 17.0 Å². The predicted octanol–water partition coefficient (Wildman–Crippen LogP) is 5.61. The zero-order chi connectivity index (χ0) is 20.9. The lowest BCUT2D eigenvalue weighted by Crippen LogP contribution is -2.49. The van der Waals surface area contributed by atoms with Crippen molar-refractivity contribution in [3.8, 4) is 0 Å². The van der Waals surface area contributed by atoms with Crippen LogP contribution in [0.2, 0.25) is 0 Å². The highest BCUT2D eigenvalue weighted by Crippen LogP contribution is 2.39. The second-order valence-corrected chi connectivity index (χ2v) is 9.55. The molecule has 0 amide bonds. The minimum atomic E-state index is -3.75. The fourth-order valence-electron chi connectivity index (χ4n) is 3.83. The first-order chi connectivity index (χ1) is 14.0. The predicted molar refractivity (Wildman–Crippen MR) is 117 cm³/mol. The lowest BCUT2D eigenvalue weighted by molar-refractivity contribution is -0.125. The van der Waals surface area contributed by atoms with E-state index in [4.69, 9.17) is 4.74 Å². The van der Waals surface area contributed by atoms with Crippen molar-refractivity contribution < 1.29 is 13.2 Å². The minimum Gasteiger partial charge on any atom is -0.354 e. The van der Waals surface area contributed by atoms with Gasteiger partial charge in [-0.25, -0.2) is 8.42 Å². The van der Waals surface area contributed by atoms with Crippen LogP contribution in [0.4, 0.5) is 0 Å². The molecule has 0 aliphatic carbocycles. The minimum absolute atomic E-state index is 0.0132. The Morgan fingerprint density at radius 1 is 1.10 bits per heavy atom. The number of sulfonamides is 1. The third kappa shape index (κ3) is 4.97. The highest BCUT2D eigenvalue weighted by atomic mass is 32.2. The Bertz CT molecular complexity index is 893. The summed E-state index contributed by atoms with van der Waals surface area (Å²) in [5.41, 5.74) is 1.87. The molecule has 0 spiro atoms. The summed E-state index contributed by atoms with van der Waals surface area (Å²) in [5, 5.41) is 0. The molecular formula is C24H31NO3S. The topological polar surface area (TPSA) is 46.6 Å². The van der Waals surface area contributed by atoms with Crippen molar-refractivity contribution in [3.05, 3.63) is 78.4 Å². The smallest absolute Gasteiger partial charge is 0.246 e. The number of ether oxygens (including phenoxy) is 1. The van der Waals surface area contributed by atoms with Crippen molar-refractivity contribution in [3.63, 3.8) is 0 Å². The number of hydrogen-bond acceptors (Lipinski definition) is 3. The molecule has 0 bridgehead atoms. The molecule has 0 unspecified atom stereocenters. The van der Waals surface area contributed by atoms with Crippen LogP contribution in [0.15, 0.2) is 72.1 Å². The molecule has 1 aliphatic rings. The largest absolute Gasteiger partial charge is 0.354 e. The molecule has 156 valence electrons. The first-order valence-electron chi connectivity index (χ1n) is 10.4. The van der Waals surface area contributed by atoms with Crippen LogP contribution in [0.3, 0.4) is 0 Å². The molecule has 1 fully saturated rings. The van der Waals surface area contributed by atoms with Gasteiger partial charge in [0.05, 0.1) is 11.0 Å². The molecular weight excluding hydrogens is 382 g/mol. The average molecular weight is 414 g/mol. The highest BCUT2D eigenvalue weighted by Gasteiger charge is 2.43. The van der Waals surface area contributed by atoms with Crippen LogP contribution in [-0.4, -0.2) is 24.9 Å². The van der Waals surface area contributed by atoms with Crippen LogP contribution in [0.1, 0.15) is 56.4 Å². The fraction of sp³-hybridized carbons (Fsp3) is 0.417. The first-order valence-corrected chi connectivity index (χ1v) is 11.8. The van der Waals surface area contributed by atoms with Gasteiger partial charge in [-0.3, -0.25) is 0 Å². The Balaban J connectivity index is 1.99. The molecule has 0 aromatic heterocycles. The molecule has 3 atom stereocenters. The third-order valence-corrected chi connectivity index (χ3v) is 7.35. The van der Waals surface area contributed by atoms with E-state index in [1.165, 1.54) is 4.31 Å². The summed E-state index contributed by atoms with van der Waals surface area (Å²) >= 11 is 0. The van der Waals surface area contributed by atoms with Crippen molar-refractivity contribution in [2.24, 2.45) is 0 Å². The Kier molecular flexibility index (Phi) is 7.28. The number of rotatable bonds is 8. The molecule has 1 aliphatic heterocycles. The van der Waals surface area contributed by atoms with Crippen LogP contribution in [0.25, 0.3) is 0 Å². The third-order valence-electron chi connectivity index (χ3n) is 5.47. The summed E-state index contributed by atoms with van der Waals surface area (Å²) in [7, 11) is -3.75. The second-order valence-electron chi connectivity index (χ2n) is 7.70. The van der Waals surface area contributed by atoms with Gasteiger partial charge in [0.2, 0.25) is 10.0 Å². The summed E-state index contributed by atoms with van der Waals surface area (Å²) in [6.07, 6.45) is 6.04. The van der Waals surface area contributed by atoms with E-state index in [9.17, 15) is 8.42 Å². The molecule has 3 rings (SSSR count). The van der Waals surface area contributed by atoms with Gasteiger partial charge in [0.1, 0.15) is 0 Å². The summed E-state index contributed by atoms with van der Waals surface area (Å²) in [5.74, 6) is 0. The first kappa shape index (κ1) is 21.8. The van der Waals surface area contributed by atoms with Crippen LogP contribution in [-0.2, 0) is 14.8 Å². The summed E-state index contributed by atoms with van der Waals surface area (Å²) in [6.45, 7) is 8.08. The van der Waals surface area contributed by atoms with E-state index < -0.39 is 16.3 Å². The molecule has 4 nitrogen and oxygen atoms in total. The fourth-order valence-corrected chi connectivity index (χ4v) is 5.51. The highest BCUT2D eigenvalue weighted by molar-refractivity contribution is 7.89. The lowest BCUT2D eigenvalue weighted by atomic mass is 10.00. The van der Waals surface area contributed by atoms with Gasteiger partial charge < -0.3 is 4.74 Å². The number of unbranched alkanes of at least 4 members (excludes halogenated alkanes) is 2. The maximum Gasteiger partial charge on any atom is 0.246 e. The molecule has 0 radical (unpaired) electrons. The van der Waals surface area contributed by atoms with Crippen molar-refractivity contribution in [2.45, 2.75) is 69.2 Å². The van der Waals surface area contributed by atoms with Gasteiger partial charge >= 0.3 is 0 Å². The maximum atomic E-state index is 13.6. The van der Waals surface area contributed by atoms with Crippen molar-refractivity contribution >= 4 is 10.0 Å². The molecule has 5 heteroatoms. The molecule has 0 N–H and O–H groups in total. The van der Waals surface area contributed by atoms with E-state index >= 15 is 0 Å². The van der Waals surface area contributed by atoms with Gasteiger partial charge in [-0.05, 0) is 37.5 Å². The molecule has 2 aromatic carbocycles. The van der Waals surface area contributed by atoms with E-state index in [1.54, 1.807) is 18.2 Å². The van der Waals surface area contributed by atoms with Crippen LogP contribution < -0.4 is 0 Å². The monoisotopic (exact) mass is 413 g/mol. The van der Waals surface area contributed by atoms with E-state index in [1.807, 2.05) is 49.4 Å². The molecule has 1 heterocycles. The van der Waals surface area contributed by atoms with E-state index in [2.05, 4.69) is 13.5 Å². The van der Waals surface area contributed by atoms with Crippen molar-refractivity contribution in [1.29, 1.82) is 0 Å². The lowest BCUT2D eigenvalue weighted by Gasteiger charge is -2.43. The SMILES string of the molecule is C=C[C@H]1C[C@@H](CCCCC)O[C@@H](c2ccccc2)N1S(=O)(=O)c1ccc(C)cc1. The van der Waals surface area contributed by atoms with Crippen LogP contribution in [0.5, 0.6) is 0 Å². The summed E-state index contributed by atoms with van der Waals surface area (Å²) in [4.78, 5) is 0.281. The Labute approximate surface area is 175 Å². The molecule has 2 aromatic rings. The van der Waals surface area contributed by atoms with Crippen molar-refractivity contribution in [2.75, 3.05) is 0 Å². The number of hydrogen-bond donors (Lipinski definition) is 0. The standard InChI is InChI=1S/C24H31NO3S/c1-4-6-8-13-22-18-21(5-2)25(24(28-22)20-11-9-7-10-12-20)29(26,27)23-16-14-19(3)15-17-23/h5,7,9-12,14-17,21-22,24H,2,4,6,8,13,18H2,1,3H3/t21-,22+,24-/m0/s1. The molecule has 0 saturated carbocycles. The van der Waals surface area contributed by atoms with E-state index in [0.717, 1.165) is 36.8 Å². The van der Waals surface area contributed by atoms with Crippen molar-refractivity contribution in [1.82, 2.24) is 4.31 Å². The molecule has 1 saturated heterocycles. The van der Waals surface area contributed by atoms with Gasteiger partial charge in [-0.2, -0.15) is 4.31 Å². The average Bonchev–Trinajstić information content (AvgIpc) is 2.74. The van der Waals surface area contributed by atoms with Gasteiger partial charge in [0.15, 0.2) is 6.23 Å². The Morgan fingerprint density at radius 2 is 1.79 bits per heavy atom. The summed E-state index contributed by atoms with van der Waals surface area (Å²) in [6, 6.07) is 16.3. The maximum absolute atomic E-state index is 13.6. The molecule has 29 heavy (non-hydrogen) atoms. The number of benzene rings is 2. The zero-order valence-corrected chi connectivity index (χ0v) is 18.1. The number of nitrogens with zero attached hydrogens (tertiary/aromatic N) is 1. The van der Waals surface area contributed by atoms with Gasteiger partial charge in [0.25, 0.3) is 0 Å². The quantitative estimate of drug-likeness (QED) is 0.417. The van der Waals surface area contributed by atoms with Gasteiger partial charge in [-0.1, -0.05) is 80.3 Å².